The van der Waals surface area contributed by atoms with Crippen molar-refractivity contribution in [3.63, 3.8) is 0 Å². The van der Waals surface area contributed by atoms with E-state index in [1.54, 1.807) is 0 Å². The van der Waals surface area contributed by atoms with Gasteiger partial charge in [-0.15, -0.1) is 6.58 Å². The first-order chi connectivity index (χ1) is 6.92. The quantitative estimate of drug-likeness (QED) is 0.648. The second-order valence-electron chi connectivity index (χ2n) is 3.36. The number of rotatable bonds is 2. The zero-order chi connectivity index (χ0) is 9.80. The predicted octanol–water partition coefficient (Wildman–Crippen LogP) is 2.83. The van der Waals surface area contributed by atoms with Crippen LogP contribution < -0.4 is 5.01 Å². The monoisotopic (exact) mass is 186 g/mol. The number of hydrogen-bond acceptors (Lipinski definition) is 2. The Morgan fingerprint density at radius 2 is 2.14 bits per heavy atom. The van der Waals surface area contributed by atoms with Crippen molar-refractivity contribution in [1.82, 2.24) is 0 Å². The number of hydrazone groups is 1. The van der Waals surface area contributed by atoms with Gasteiger partial charge in [0.1, 0.15) is 0 Å². The van der Waals surface area contributed by atoms with Crippen LogP contribution in [0.2, 0.25) is 0 Å². The van der Waals surface area contributed by atoms with Crippen LogP contribution in [0.4, 0.5) is 5.69 Å². The molecule has 14 heavy (non-hydrogen) atoms. The fraction of sp³-hybridized carbons (Fsp3) is 0.250. The third-order valence-corrected chi connectivity index (χ3v) is 2.40. The maximum atomic E-state index is 4.39. The van der Waals surface area contributed by atoms with E-state index in [1.165, 1.54) is 0 Å². The van der Waals surface area contributed by atoms with Crippen LogP contribution in [0, 0.1) is 0 Å². The minimum atomic E-state index is 0.336. The maximum absolute atomic E-state index is 4.39. The summed E-state index contributed by atoms with van der Waals surface area (Å²) in [4.78, 5) is 0. The molecular formula is C12H14N2. The lowest BCUT2D eigenvalue weighted by Crippen LogP contribution is -2.31. The van der Waals surface area contributed by atoms with Crippen LogP contribution >= 0.6 is 0 Å². The molecule has 1 aliphatic rings. The van der Waals surface area contributed by atoms with Crippen molar-refractivity contribution in [3.05, 3.63) is 43.0 Å². The highest BCUT2D eigenvalue weighted by Crippen LogP contribution is 2.22. The normalized spacial score (nSPS) is 20.9. The smallest absolute Gasteiger partial charge is 0.0707 e. The minimum Gasteiger partial charge on any atom is -0.259 e. The number of nitrogens with zero attached hydrogens (tertiary/aromatic N) is 2. The Morgan fingerprint density at radius 1 is 1.36 bits per heavy atom. The van der Waals surface area contributed by atoms with Gasteiger partial charge >= 0.3 is 0 Å². The van der Waals surface area contributed by atoms with Crippen molar-refractivity contribution in [2.24, 2.45) is 5.10 Å². The number of hydrogen-bond donors (Lipinski definition) is 0. The summed E-state index contributed by atoms with van der Waals surface area (Å²) in [7, 11) is 0. The molecule has 0 spiro atoms. The Morgan fingerprint density at radius 3 is 2.86 bits per heavy atom. The summed E-state index contributed by atoms with van der Waals surface area (Å²) >= 11 is 0. The molecule has 0 aromatic heterocycles. The molecule has 0 N–H and O–H groups in total. The van der Waals surface area contributed by atoms with Crippen LogP contribution in [0.1, 0.15) is 12.8 Å². The lowest BCUT2D eigenvalue weighted by molar-refractivity contribution is 0.647. The number of benzene rings is 1. The van der Waals surface area contributed by atoms with E-state index >= 15 is 0 Å². The van der Waals surface area contributed by atoms with Crippen LogP contribution in [0.15, 0.2) is 48.1 Å². The molecule has 1 aliphatic heterocycles. The first-order valence-electron chi connectivity index (χ1n) is 4.91. The molecule has 0 fully saturated rings. The topological polar surface area (TPSA) is 15.6 Å². The van der Waals surface area contributed by atoms with Crippen LogP contribution in [-0.2, 0) is 0 Å². The van der Waals surface area contributed by atoms with E-state index in [0.29, 0.717) is 6.04 Å². The molecule has 2 rings (SSSR count). The van der Waals surface area contributed by atoms with Gasteiger partial charge in [0.15, 0.2) is 0 Å². The Balaban J connectivity index is 2.27. The lowest BCUT2D eigenvalue weighted by atomic mass is 10.1. The van der Waals surface area contributed by atoms with Gasteiger partial charge in [0.2, 0.25) is 0 Å². The van der Waals surface area contributed by atoms with Gasteiger partial charge in [-0.2, -0.15) is 5.10 Å². The van der Waals surface area contributed by atoms with Crippen molar-refractivity contribution in [1.29, 1.82) is 0 Å². The third kappa shape index (κ3) is 1.69. The van der Waals surface area contributed by atoms with Crippen molar-refractivity contribution >= 4 is 11.9 Å². The summed E-state index contributed by atoms with van der Waals surface area (Å²) in [6, 6.07) is 10.5. The van der Waals surface area contributed by atoms with E-state index in [4.69, 9.17) is 0 Å². The lowest BCUT2D eigenvalue weighted by Gasteiger charge is -2.29. The summed E-state index contributed by atoms with van der Waals surface area (Å²) < 4.78 is 0. The van der Waals surface area contributed by atoms with E-state index in [9.17, 15) is 0 Å². The Hall–Kier alpha value is -1.57. The summed E-state index contributed by atoms with van der Waals surface area (Å²) in [5.41, 5.74) is 1.13. The minimum absolute atomic E-state index is 0.336. The fourth-order valence-corrected chi connectivity index (χ4v) is 1.66. The second-order valence-corrected chi connectivity index (χ2v) is 3.36. The van der Waals surface area contributed by atoms with Crippen molar-refractivity contribution in [2.75, 3.05) is 5.01 Å². The summed E-state index contributed by atoms with van der Waals surface area (Å²) in [5.74, 6) is 0. The number of anilines is 1. The van der Waals surface area contributed by atoms with Crippen molar-refractivity contribution < 1.29 is 0 Å². The molecule has 0 amide bonds. The molecule has 1 heterocycles. The number of para-hydroxylation sites is 1. The predicted molar refractivity (Wildman–Crippen MR) is 60.6 cm³/mol. The van der Waals surface area contributed by atoms with Crippen LogP contribution in [0.3, 0.4) is 0 Å². The van der Waals surface area contributed by atoms with E-state index in [-0.39, 0.29) is 0 Å². The van der Waals surface area contributed by atoms with Gasteiger partial charge in [0, 0.05) is 6.21 Å². The highest BCUT2D eigenvalue weighted by Gasteiger charge is 2.16. The molecule has 0 bridgehead atoms. The van der Waals surface area contributed by atoms with E-state index in [0.717, 1.165) is 18.5 Å². The van der Waals surface area contributed by atoms with Crippen LogP contribution in [0.25, 0.3) is 0 Å². The van der Waals surface area contributed by atoms with Crippen LogP contribution in [-0.4, -0.2) is 12.3 Å². The Labute approximate surface area is 84.6 Å². The standard InChI is InChI=1S/C12H14N2/c1-2-11-9-6-10-13-14(11)12-7-4-3-5-8-12/h2-5,7-8,10-11H,1,6,9H2. The molecule has 72 valence electrons. The van der Waals surface area contributed by atoms with Crippen molar-refractivity contribution in [3.8, 4) is 0 Å². The highest BCUT2D eigenvalue weighted by atomic mass is 15.5. The molecule has 0 aliphatic carbocycles. The average molecular weight is 186 g/mol. The maximum Gasteiger partial charge on any atom is 0.0707 e. The van der Waals surface area contributed by atoms with Gasteiger partial charge in [0.25, 0.3) is 0 Å². The fourth-order valence-electron chi connectivity index (χ4n) is 1.66. The molecule has 1 atom stereocenters. The van der Waals surface area contributed by atoms with E-state index in [2.05, 4.69) is 23.8 Å². The zero-order valence-electron chi connectivity index (χ0n) is 8.13. The Bertz CT molecular complexity index is 329. The summed E-state index contributed by atoms with van der Waals surface area (Å²) in [6.07, 6.45) is 6.07. The molecule has 2 heteroatoms. The SMILES string of the molecule is C=CC1CCC=NN1c1ccccc1. The molecule has 0 saturated carbocycles. The largest absolute Gasteiger partial charge is 0.259 e. The summed E-state index contributed by atoms with van der Waals surface area (Å²) in [5, 5.41) is 6.41. The van der Waals surface area contributed by atoms with Gasteiger partial charge in [-0.25, -0.2) is 0 Å². The summed E-state index contributed by atoms with van der Waals surface area (Å²) in [6.45, 7) is 3.84. The molecule has 0 saturated heterocycles. The molecule has 0 radical (unpaired) electrons. The zero-order valence-corrected chi connectivity index (χ0v) is 8.13. The van der Waals surface area contributed by atoms with Gasteiger partial charge in [-0.3, -0.25) is 5.01 Å². The van der Waals surface area contributed by atoms with Crippen LogP contribution in [0.5, 0.6) is 0 Å². The first kappa shape index (κ1) is 9.00. The second kappa shape index (κ2) is 4.09. The average Bonchev–Trinajstić information content (AvgIpc) is 2.30. The molecule has 1 aromatic carbocycles. The van der Waals surface area contributed by atoms with E-state index < -0.39 is 0 Å². The first-order valence-corrected chi connectivity index (χ1v) is 4.91. The Kier molecular flexibility index (Phi) is 2.63. The van der Waals surface area contributed by atoms with Gasteiger partial charge in [-0.05, 0) is 25.0 Å². The third-order valence-electron chi connectivity index (χ3n) is 2.40. The highest BCUT2D eigenvalue weighted by molar-refractivity contribution is 5.63. The van der Waals surface area contributed by atoms with Gasteiger partial charge in [0.05, 0.1) is 11.7 Å². The van der Waals surface area contributed by atoms with Gasteiger partial charge < -0.3 is 0 Å². The molecular weight excluding hydrogens is 172 g/mol. The molecule has 1 aromatic rings. The molecule has 1 unspecified atom stereocenters. The van der Waals surface area contributed by atoms with E-state index in [1.807, 2.05) is 35.5 Å². The van der Waals surface area contributed by atoms with Gasteiger partial charge in [-0.1, -0.05) is 24.3 Å². The molecule has 2 nitrogen and oxygen atoms in total. The van der Waals surface area contributed by atoms with Crippen molar-refractivity contribution in [2.45, 2.75) is 18.9 Å².